The van der Waals surface area contributed by atoms with Crippen LogP contribution in [0.2, 0.25) is 0 Å². The number of aromatic nitrogens is 6. The van der Waals surface area contributed by atoms with E-state index in [0.29, 0.717) is 5.82 Å². The number of carbonyl (C=O) groups excluding carboxylic acids is 1. The van der Waals surface area contributed by atoms with Crippen molar-refractivity contribution in [3.63, 3.8) is 0 Å². The Morgan fingerprint density at radius 1 is 1.04 bits per heavy atom. The lowest BCUT2D eigenvalue weighted by molar-refractivity contribution is 0.0983. The molecule has 136 valence electrons. The Hall–Kier alpha value is -3.87. The number of pyridine rings is 2. The Kier molecular flexibility index (Phi) is 3.72. The molecule has 5 aromatic rings. The third-order valence-corrected chi connectivity index (χ3v) is 4.67. The van der Waals surface area contributed by atoms with Gasteiger partial charge in [0.05, 0.1) is 23.0 Å². The fourth-order valence-electron chi connectivity index (χ4n) is 3.33. The first kappa shape index (κ1) is 16.3. The zero-order valence-corrected chi connectivity index (χ0v) is 15.1. The largest absolute Gasteiger partial charge is 0.335 e. The molecule has 4 aromatic heterocycles. The molecule has 7 heteroatoms. The van der Waals surface area contributed by atoms with Crippen LogP contribution in [0.15, 0.2) is 54.9 Å². The van der Waals surface area contributed by atoms with Gasteiger partial charge in [-0.25, -0.2) is 4.98 Å². The van der Waals surface area contributed by atoms with E-state index in [-0.39, 0.29) is 12.2 Å². The second-order valence-corrected chi connectivity index (χ2v) is 6.68. The van der Waals surface area contributed by atoms with Gasteiger partial charge in [0.1, 0.15) is 5.69 Å². The van der Waals surface area contributed by atoms with Crippen LogP contribution < -0.4 is 0 Å². The standard InChI is InChI=1S/C21H16N6O/c1-12-3-2-4-14(23-12)9-19(28)21-24-17-10-15-16(11-18(17)25-21)26-27-20(15)13-5-7-22-8-6-13/h2-8,10-11H,9H2,1H3,(H,24,25)(H,26,27). The highest BCUT2D eigenvalue weighted by Gasteiger charge is 2.16. The van der Waals surface area contributed by atoms with Crippen LogP contribution in [0.1, 0.15) is 22.0 Å². The van der Waals surface area contributed by atoms with Gasteiger partial charge in [-0.05, 0) is 43.3 Å². The molecule has 0 unspecified atom stereocenters. The van der Waals surface area contributed by atoms with E-state index in [0.717, 1.165) is 44.6 Å². The normalized spacial score (nSPS) is 11.3. The van der Waals surface area contributed by atoms with E-state index in [1.54, 1.807) is 12.4 Å². The second kappa shape index (κ2) is 6.38. The molecule has 1 aromatic carbocycles. The first-order valence-electron chi connectivity index (χ1n) is 8.91. The lowest BCUT2D eigenvalue weighted by atomic mass is 10.1. The highest BCUT2D eigenvalue weighted by molar-refractivity contribution is 6.03. The van der Waals surface area contributed by atoms with Crippen molar-refractivity contribution in [2.24, 2.45) is 0 Å². The monoisotopic (exact) mass is 368 g/mol. The van der Waals surface area contributed by atoms with Gasteiger partial charge in [-0.15, -0.1) is 0 Å². The molecular weight excluding hydrogens is 352 g/mol. The number of aromatic amines is 2. The summed E-state index contributed by atoms with van der Waals surface area (Å²) < 4.78 is 0. The maximum Gasteiger partial charge on any atom is 0.204 e. The number of hydrogen-bond acceptors (Lipinski definition) is 5. The van der Waals surface area contributed by atoms with Crippen LogP contribution in [0, 0.1) is 6.92 Å². The molecule has 0 atom stereocenters. The van der Waals surface area contributed by atoms with Gasteiger partial charge >= 0.3 is 0 Å². The number of imidazole rings is 1. The number of ketones is 1. The number of H-pyrrole nitrogens is 2. The topological polar surface area (TPSA) is 100 Å². The maximum absolute atomic E-state index is 12.7. The van der Waals surface area contributed by atoms with Crippen molar-refractivity contribution in [3.05, 3.63) is 72.1 Å². The second-order valence-electron chi connectivity index (χ2n) is 6.68. The van der Waals surface area contributed by atoms with Crippen molar-refractivity contribution in [2.45, 2.75) is 13.3 Å². The molecule has 0 aliphatic heterocycles. The average molecular weight is 368 g/mol. The number of nitrogens with one attached hydrogen (secondary N) is 2. The van der Waals surface area contributed by atoms with Gasteiger partial charge < -0.3 is 4.98 Å². The Labute approximate surface area is 159 Å². The van der Waals surface area contributed by atoms with Crippen LogP contribution >= 0.6 is 0 Å². The Morgan fingerprint density at radius 2 is 1.89 bits per heavy atom. The molecule has 28 heavy (non-hydrogen) atoms. The quantitative estimate of drug-likeness (QED) is 0.472. The van der Waals surface area contributed by atoms with Crippen LogP contribution in [0.3, 0.4) is 0 Å². The summed E-state index contributed by atoms with van der Waals surface area (Å²) in [4.78, 5) is 28.7. The molecule has 0 amide bonds. The summed E-state index contributed by atoms with van der Waals surface area (Å²) in [6, 6.07) is 13.4. The van der Waals surface area contributed by atoms with E-state index in [4.69, 9.17) is 0 Å². The molecule has 0 fully saturated rings. The molecule has 0 spiro atoms. The molecular formula is C21H16N6O. The maximum atomic E-state index is 12.7. The number of rotatable bonds is 4. The summed E-state index contributed by atoms with van der Waals surface area (Å²) in [6.07, 6.45) is 3.68. The van der Waals surface area contributed by atoms with Gasteiger partial charge in [0.25, 0.3) is 0 Å². The minimum absolute atomic E-state index is 0.0922. The van der Waals surface area contributed by atoms with Gasteiger partial charge in [0.2, 0.25) is 5.78 Å². The zero-order valence-electron chi connectivity index (χ0n) is 15.1. The summed E-state index contributed by atoms with van der Waals surface area (Å²) in [5, 5.41) is 8.42. The van der Waals surface area contributed by atoms with Gasteiger partial charge in [0, 0.05) is 34.7 Å². The summed E-state index contributed by atoms with van der Waals surface area (Å²) in [5.74, 6) is 0.245. The minimum Gasteiger partial charge on any atom is -0.335 e. The van der Waals surface area contributed by atoms with Gasteiger partial charge in [-0.3, -0.25) is 19.9 Å². The molecule has 5 rings (SSSR count). The van der Waals surface area contributed by atoms with Crippen molar-refractivity contribution < 1.29 is 4.79 Å². The molecule has 0 aliphatic carbocycles. The van der Waals surface area contributed by atoms with Crippen LogP contribution in [-0.2, 0) is 6.42 Å². The predicted octanol–water partition coefficient (Wildman–Crippen LogP) is 3.63. The highest BCUT2D eigenvalue weighted by Crippen LogP contribution is 2.28. The highest BCUT2D eigenvalue weighted by atomic mass is 16.1. The number of hydrogen-bond donors (Lipinski definition) is 2. The first-order valence-corrected chi connectivity index (χ1v) is 8.91. The molecule has 0 saturated carbocycles. The Balaban J connectivity index is 1.53. The van der Waals surface area contributed by atoms with Crippen molar-refractivity contribution in [1.29, 1.82) is 0 Å². The van der Waals surface area contributed by atoms with E-state index in [1.807, 2.05) is 49.4 Å². The number of fused-ring (bicyclic) bond motifs is 2. The number of carbonyl (C=O) groups is 1. The molecule has 0 bridgehead atoms. The molecule has 7 nitrogen and oxygen atoms in total. The first-order chi connectivity index (χ1) is 13.7. The van der Waals surface area contributed by atoms with Gasteiger partial charge in [0.15, 0.2) is 5.82 Å². The van der Waals surface area contributed by atoms with Crippen molar-refractivity contribution in [2.75, 3.05) is 0 Å². The van der Waals surface area contributed by atoms with Crippen molar-refractivity contribution in [3.8, 4) is 11.3 Å². The zero-order chi connectivity index (χ0) is 19.1. The average Bonchev–Trinajstić information content (AvgIpc) is 3.30. The summed E-state index contributed by atoms with van der Waals surface area (Å²) >= 11 is 0. The fourth-order valence-corrected chi connectivity index (χ4v) is 3.33. The predicted molar refractivity (Wildman–Crippen MR) is 106 cm³/mol. The van der Waals surface area contributed by atoms with Crippen LogP contribution in [0.25, 0.3) is 33.2 Å². The van der Waals surface area contributed by atoms with E-state index >= 15 is 0 Å². The Bertz CT molecular complexity index is 1320. The molecule has 0 radical (unpaired) electrons. The summed E-state index contributed by atoms with van der Waals surface area (Å²) in [5.41, 5.74) is 5.82. The Morgan fingerprint density at radius 3 is 2.71 bits per heavy atom. The van der Waals surface area contributed by atoms with E-state index in [1.165, 1.54) is 0 Å². The number of nitrogens with zero attached hydrogens (tertiary/aromatic N) is 4. The van der Waals surface area contributed by atoms with Crippen molar-refractivity contribution in [1.82, 2.24) is 30.1 Å². The molecule has 4 heterocycles. The minimum atomic E-state index is -0.0922. The van der Waals surface area contributed by atoms with Crippen LogP contribution in [0.4, 0.5) is 0 Å². The molecule has 0 saturated heterocycles. The molecule has 2 N–H and O–H groups in total. The SMILES string of the molecule is Cc1cccc(CC(=O)c2nc3cc4c(-c5ccncc5)n[nH]c4cc3[nH]2)n1. The lowest BCUT2D eigenvalue weighted by Crippen LogP contribution is -2.07. The summed E-state index contributed by atoms with van der Waals surface area (Å²) in [7, 11) is 0. The smallest absolute Gasteiger partial charge is 0.204 e. The van der Waals surface area contributed by atoms with Gasteiger partial charge in [-0.2, -0.15) is 5.10 Å². The molecule has 0 aliphatic rings. The summed E-state index contributed by atoms with van der Waals surface area (Å²) in [6.45, 7) is 1.91. The van der Waals surface area contributed by atoms with Crippen LogP contribution in [-0.4, -0.2) is 35.9 Å². The lowest BCUT2D eigenvalue weighted by Gasteiger charge is -1.99. The third kappa shape index (κ3) is 2.83. The number of Topliss-reactive ketones (excluding diaryl/α,β-unsaturated/α-hetero) is 1. The van der Waals surface area contributed by atoms with Crippen LogP contribution in [0.5, 0.6) is 0 Å². The van der Waals surface area contributed by atoms with E-state index in [2.05, 4.69) is 30.1 Å². The third-order valence-electron chi connectivity index (χ3n) is 4.67. The van der Waals surface area contributed by atoms with E-state index in [9.17, 15) is 4.79 Å². The number of aryl methyl sites for hydroxylation is 1. The van der Waals surface area contributed by atoms with Crippen molar-refractivity contribution >= 4 is 27.7 Å². The van der Waals surface area contributed by atoms with E-state index < -0.39 is 0 Å². The van der Waals surface area contributed by atoms with Gasteiger partial charge in [-0.1, -0.05) is 6.07 Å². The fraction of sp³-hybridized carbons (Fsp3) is 0.0952. The number of benzene rings is 1.